The zero-order chi connectivity index (χ0) is 10.3. The normalized spacial score (nSPS) is 20.4. The van der Waals surface area contributed by atoms with Gasteiger partial charge in [-0.05, 0) is 19.1 Å². The summed E-state index contributed by atoms with van der Waals surface area (Å²) < 4.78 is 42.8. The van der Waals surface area contributed by atoms with Gasteiger partial charge in [0.25, 0.3) is 0 Å². The first-order chi connectivity index (χ1) is 6.48. The summed E-state index contributed by atoms with van der Waals surface area (Å²) in [5, 5.41) is 0. The first-order valence-corrected chi connectivity index (χ1v) is 4.34. The van der Waals surface area contributed by atoms with E-state index in [1.54, 1.807) is 13.0 Å². The SMILES string of the molecule is CC1Cc2c(cccc2C(F)(F)F)O1. The number of fused-ring (bicyclic) bond motifs is 1. The predicted molar refractivity (Wildman–Crippen MR) is 45.2 cm³/mol. The number of rotatable bonds is 0. The minimum absolute atomic E-state index is 0.159. The molecule has 0 amide bonds. The highest BCUT2D eigenvalue weighted by Gasteiger charge is 2.36. The maximum Gasteiger partial charge on any atom is 0.416 e. The third-order valence-corrected chi connectivity index (χ3v) is 2.26. The van der Waals surface area contributed by atoms with Gasteiger partial charge in [0.05, 0.1) is 5.56 Å². The molecule has 1 aromatic carbocycles. The van der Waals surface area contributed by atoms with Gasteiger partial charge in [-0.2, -0.15) is 13.2 Å². The van der Waals surface area contributed by atoms with Crippen molar-refractivity contribution in [3.05, 3.63) is 29.3 Å². The highest BCUT2D eigenvalue weighted by molar-refractivity contribution is 5.44. The Kier molecular flexibility index (Phi) is 1.94. The standard InChI is InChI=1S/C10H9F3O/c1-6-5-7-8(10(11,12)13)3-2-4-9(7)14-6/h2-4,6H,5H2,1H3. The van der Waals surface area contributed by atoms with Gasteiger partial charge >= 0.3 is 6.18 Å². The van der Waals surface area contributed by atoms with Crippen molar-refractivity contribution in [2.24, 2.45) is 0 Å². The molecule has 76 valence electrons. The maximum absolute atomic E-state index is 12.5. The molecule has 0 bridgehead atoms. The van der Waals surface area contributed by atoms with E-state index in [2.05, 4.69) is 0 Å². The van der Waals surface area contributed by atoms with Crippen LogP contribution in [-0.2, 0) is 12.6 Å². The quantitative estimate of drug-likeness (QED) is 0.628. The molecule has 1 nitrogen and oxygen atoms in total. The van der Waals surface area contributed by atoms with Gasteiger partial charge in [0.2, 0.25) is 0 Å². The summed E-state index contributed by atoms with van der Waals surface area (Å²) in [6.45, 7) is 1.76. The summed E-state index contributed by atoms with van der Waals surface area (Å²) in [4.78, 5) is 0. The first-order valence-electron chi connectivity index (χ1n) is 4.34. The average Bonchev–Trinajstić information content (AvgIpc) is 2.41. The molecule has 14 heavy (non-hydrogen) atoms. The third-order valence-electron chi connectivity index (χ3n) is 2.26. The van der Waals surface area contributed by atoms with Crippen molar-refractivity contribution in [3.63, 3.8) is 0 Å². The third kappa shape index (κ3) is 1.45. The molecule has 0 aromatic heterocycles. The molecule has 2 rings (SSSR count). The smallest absolute Gasteiger partial charge is 0.416 e. The highest BCUT2D eigenvalue weighted by atomic mass is 19.4. The molecule has 1 aliphatic rings. The van der Waals surface area contributed by atoms with Crippen LogP contribution in [-0.4, -0.2) is 6.10 Å². The minimum atomic E-state index is -4.28. The Morgan fingerprint density at radius 1 is 1.36 bits per heavy atom. The molecule has 0 spiro atoms. The highest BCUT2D eigenvalue weighted by Crippen LogP contribution is 2.39. The number of hydrogen-bond acceptors (Lipinski definition) is 1. The lowest BCUT2D eigenvalue weighted by Gasteiger charge is -2.09. The zero-order valence-corrected chi connectivity index (χ0v) is 7.56. The van der Waals surface area contributed by atoms with E-state index in [1.165, 1.54) is 6.07 Å². The van der Waals surface area contributed by atoms with E-state index in [1.807, 2.05) is 0 Å². The van der Waals surface area contributed by atoms with Crippen molar-refractivity contribution in [3.8, 4) is 5.75 Å². The molecular weight excluding hydrogens is 193 g/mol. The summed E-state index contributed by atoms with van der Waals surface area (Å²) in [6.07, 6.45) is -4.10. The lowest BCUT2D eigenvalue weighted by molar-refractivity contribution is -0.138. The largest absolute Gasteiger partial charge is 0.490 e. The molecule has 0 aliphatic carbocycles. The van der Waals surface area contributed by atoms with Gasteiger partial charge in [-0.15, -0.1) is 0 Å². The second kappa shape index (κ2) is 2.90. The van der Waals surface area contributed by atoms with Gasteiger partial charge in [-0.3, -0.25) is 0 Å². The van der Waals surface area contributed by atoms with Crippen molar-refractivity contribution in [2.75, 3.05) is 0 Å². The second-order valence-electron chi connectivity index (χ2n) is 3.41. The van der Waals surface area contributed by atoms with Crippen molar-refractivity contribution in [2.45, 2.75) is 25.6 Å². The Balaban J connectivity index is 2.50. The van der Waals surface area contributed by atoms with E-state index in [0.29, 0.717) is 12.2 Å². The lowest BCUT2D eigenvalue weighted by atomic mass is 10.0. The monoisotopic (exact) mass is 202 g/mol. The summed E-state index contributed by atoms with van der Waals surface area (Å²) >= 11 is 0. The van der Waals surface area contributed by atoms with Gasteiger partial charge < -0.3 is 4.74 Å². The number of halogens is 3. The van der Waals surface area contributed by atoms with E-state index < -0.39 is 11.7 Å². The van der Waals surface area contributed by atoms with Gasteiger partial charge in [0, 0.05) is 12.0 Å². The number of hydrogen-bond donors (Lipinski definition) is 0. The van der Waals surface area contributed by atoms with Crippen molar-refractivity contribution in [1.29, 1.82) is 0 Å². The molecule has 1 aromatic rings. The van der Waals surface area contributed by atoms with Gasteiger partial charge in [0.1, 0.15) is 11.9 Å². The molecule has 4 heteroatoms. The van der Waals surface area contributed by atoms with Crippen molar-refractivity contribution < 1.29 is 17.9 Å². The zero-order valence-electron chi connectivity index (χ0n) is 7.56. The fraction of sp³-hybridized carbons (Fsp3) is 0.400. The molecule has 1 unspecified atom stereocenters. The summed E-state index contributed by atoms with van der Waals surface area (Å²) in [7, 11) is 0. The van der Waals surface area contributed by atoms with Gasteiger partial charge in [-0.25, -0.2) is 0 Å². The Bertz CT molecular complexity index is 357. The van der Waals surface area contributed by atoms with Crippen LogP contribution in [0.25, 0.3) is 0 Å². The topological polar surface area (TPSA) is 9.23 Å². The second-order valence-corrected chi connectivity index (χ2v) is 3.41. The van der Waals surface area contributed by atoms with Crippen LogP contribution in [0.2, 0.25) is 0 Å². The van der Waals surface area contributed by atoms with E-state index in [0.717, 1.165) is 6.07 Å². The van der Waals surface area contributed by atoms with Crippen LogP contribution in [0.5, 0.6) is 5.75 Å². The molecule has 0 N–H and O–H groups in total. The van der Waals surface area contributed by atoms with Crippen LogP contribution in [0.1, 0.15) is 18.1 Å². The van der Waals surface area contributed by atoms with E-state index >= 15 is 0 Å². The Morgan fingerprint density at radius 2 is 2.07 bits per heavy atom. The van der Waals surface area contributed by atoms with Crippen LogP contribution >= 0.6 is 0 Å². The van der Waals surface area contributed by atoms with Gasteiger partial charge in [-0.1, -0.05) is 6.07 Å². The first kappa shape index (κ1) is 9.37. The van der Waals surface area contributed by atoms with Crippen LogP contribution in [0, 0.1) is 0 Å². The van der Waals surface area contributed by atoms with Crippen LogP contribution in [0.4, 0.5) is 13.2 Å². The Hall–Kier alpha value is -1.19. The summed E-state index contributed by atoms with van der Waals surface area (Å²) in [6, 6.07) is 4.05. The van der Waals surface area contributed by atoms with Crippen LogP contribution in [0.3, 0.4) is 0 Å². The molecular formula is C10H9F3O. The van der Waals surface area contributed by atoms with Crippen LogP contribution in [0.15, 0.2) is 18.2 Å². The molecule has 1 aliphatic heterocycles. The fourth-order valence-electron chi connectivity index (χ4n) is 1.70. The predicted octanol–water partition coefficient (Wildman–Crippen LogP) is 3.03. The molecule has 1 atom stereocenters. The van der Waals surface area contributed by atoms with E-state index in [4.69, 9.17) is 4.74 Å². The summed E-state index contributed by atoms with van der Waals surface area (Å²) in [5.41, 5.74) is -0.285. The average molecular weight is 202 g/mol. The number of benzene rings is 1. The maximum atomic E-state index is 12.5. The lowest BCUT2D eigenvalue weighted by Crippen LogP contribution is -2.09. The van der Waals surface area contributed by atoms with Gasteiger partial charge in [0.15, 0.2) is 0 Å². The van der Waals surface area contributed by atoms with Crippen LogP contribution < -0.4 is 4.74 Å². The van der Waals surface area contributed by atoms with Crippen molar-refractivity contribution in [1.82, 2.24) is 0 Å². The molecule has 0 saturated heterocycles. The molecule has 0 radical (unpaired) electrons. The molecule has 0 saturated carbocycles. The van der Waals surface area contributed by atoms with E-state index in [9.17, 15) is 13.2 Å². The summed E-state index contributed by atoms with van der Waals surface area (Å²) in [5.74, 6) is 0.368. The molecule has 0 fully saturated rings. The van der Waals surface area contributed by atoms with E-state index in [-0.39, 0.29) is 11.7 Å². The Morgan fingerprint density at radius 3 is 2.71 bits per heavy atom. The number of ether oxygens (including phenoxy) is 1. The number of alkyl halides is 3. The fourth-order valence-corrected chi connectivity index (χ4v) is 1.70. The minimum Gasteiger partial charge on any atom is -0.490 e. The molecule has 1 heterocycles. The Labute approximate surface area is 79.5 Å². The van der Waals surface area contributed by atoms with Crippen molar-refractivity contribution >= 4 is 0 Å².